The monoisotopic (exact) mass is 495 g/mol. The fourth-order valence-corrected chi connectivity index (χ4v) is 3.86. The largest absolute Gasteiger partial charge is 0.495 e. The van der Waals surface area contributed by atoms with Gasteiger partial charge in [0.15, 0.2) is 17.1 Å². The Morgan fingerprint density at radius 2 is 2.00 bits per heavy atom. The zero-order chi connectivity index (χ0) is 23.3. The molecule has 1 N–H and O–H groups in total. The second-order valence-electron chi connectivity index (χ2n) is 6.43. The van der Waals surface area contributed by atoms with Crippen molar-refractivity contribution in [3.8, 4) is 11.4 Å². The number of methoxy groups -OCH3 is 1. The van der Waals surface area contributed by atoms with E-state index in [-0.39, 0.29) is 16.6 Å². The van der Waals surface area contributed by atoms with Crippen LogP contribution >= 0.6 is 35.0 Å². The average Bonchev–Trinajstić information content (AvgIpc) is 3.14. The first-order valence-corrected chi connectivity index (χ1v) is 11.0. The molecule has 0 aliphatic carbocycles. The molecule has 0 fully saturated rings. The van der Waals surface area contributed by atoms with Gasteiger partial charge in [-0.3, -0.25) is 14.2 Å². The van der Waals surface area contributed by atoms with E-state index in [0.29, 0.717) is 21.8 Å². The molecule has 9 nitrogen and oxygen atoms in total. The summed E-state index contributed by atoms with van der Waals surface area (Å²) >= 11 is 12.9. The van der Waals surface area contributed by atoms with Crippen LogP contribution in [0.3, 0.4) is 0 Å². The Labute approximate surface area is 198 Å². The Bertz CT molecular complexity index is 1140. The first-order valence-electron chi connectivity index (χ1n) is 9.29. The highest BCUT2D eigenvalue weighted by Gasteiger charge is 2.21. The van der Waals surface area contributed by atoms with E-state index >= 15 is 0 Å². The maximum absolute atomic E-state index is 12.3. The minimum absolute atomic E-state index is 0.0785. The number of esters is 1. The van der Waals surface area contributed by atoms with E-state index in [9.17, 15) is 9.59 Å². The number of thioether (sulfide) groups is 1. The number of pyridine rings is 1. The van der Waals surface area contributed by atoms with Gasteiger partial charge in [0.1, 0.15) is 11.6 Å². The van der Waals surface area contributed by atoms with Gasteiger partial charge >= 0.3 is 5.97 Å². The molecule has 1 atom stereocenters. The smallest absolute Gasteiger partial charge is 0.317 e. The van der Waals surface area contributed by atoms with Gasteiger partial charge in [-0.15, -0.1) is 10.2 Å². The maximum Gasteiger partial charge on any atom is 0.317 e. The average molecular weight is 496 g/mol. The van der Waals surface area contributed by atoms with Crippen molar-refractivity contribution >= 4 is 52.7 Å². The van der Waals surface area contributed by atoms with Gasteiger partial charge in [0.05, 0.1) is 28.6 Å². The predicted molar refractivity (Wildman–Crippen MR) is 122 cm³/mol. The third-order valence-electron chi connectivity index (χ3n) is 4.17. The number of anilines is 1. The number of hydrogen-bond donors (Lipinski definition) is 1. The molecule has 0 aliphatic rings. The van der Waals surface area contributed by atoms with Gasteiger partial charge in [-0.2, -0.15) is 0 Å². The molecule has 0 spiro atoms. The van der Waals surface area contributed by atoms with Crippen LogP contribution in [-0.2, 0) is 14.3 Å². The highest BCUT2D eigenvalue weighted by Crippen LogP contribution is 2.28. The van der Waals surface area contributed by atoms with Crippen molar-refractivity contribution in [2.75, 3.05) is 18.2 Å². The van der Waals surface area contributed by atoms with E-state index in [1.165, 1.54) is 19.2 Å². The van der Waals surface area contributed by atoms with Crippen molar-refractivity contribution in [3.05, 3.63) is 52.4 Å². The Hall–Kier alpha value is -2.82. The van der Waals surface area contributed by atoms with Crippen LogP contribution < -0.4 is 10.1 Å². The number of carbonyl (C=O) groups excluding carboxylic acids is 2. The van der Waals surface area contributed by atoms with Crippen LogP contribution in [0.15, 0.2) is 41.7 Å². The van der Waals surface area contributed by atoms with Gasteiger partial charge in [-0.05, 0) is 32.0 Å². The number of aromatic nitrogens is 4. The molecule has 12 heteroatoms. The lowest BCUT2D eigenvalue weighted by Crippen LogP contribution is -2.31. The van der Waals surface area contributed by atoms with Gasteiger partial charge in [0.2, 0.25) is 0 Å². The Kier molecular flexibility index (Phi) is 7.94. The standard InChI is InChI=1S/C20H19Cl2N5O4S/c1-11(19(29)24-18-14(22)8-13(21)9-23-18)31-17(28)10-32-20-26-25-12(2)27(20)15-6-4-5-7-16(15)30-3/h4-9,11H,10H2,1-3H3,(H,23,24,29)/t11-/m1/s1. The number of nitrogens with zero attached hydrogens (tertiary/aromatic N) is 4. The van der Waals surface area contributed by atoms with Crippen molar-refractivity contribution in [3.63, 3.8) is 0 Å². The van der Waals surface area contributed by atoms with Crippen molar-refractivity contribution in [2.45, 2.75) is 25.1 Å². The summed E-state index contributed by atoms with van der Waals surface area (Å²) in [5.74, 6) is 0.141. The van der Waals surface area contributed by atoms with E-state index in [1.807, 2.05) is 24.3 Å². The Morgan fingerprint density at radius 3 is 2.72 bits per heavy atom. The summed E-state index contributed by atoms with van der Waals surface area (Å²) in [4.78, 5) is 28.6. The SMILES string of the molecule is COc1ccccc1-n1c(C)nnc1SCC(=O)O[C@H](C)C(=O)Nc1ncc(Cl)cc1Cl. The molecule has 0 radical (unpaired) electrons. The number of hydrogen-bond acceptors (Lipinski definition) is 8. The first kappa shape index (κ1) is 23.8. The summed E-state index contributed by atoms with van der Waals surface area (Å²) in [5, 5.41) is 11.7. The minimum Gasteiger partial charge on any atom is -0.495 e. The van der Waals surface area contributed by atoms with Crippen LogP contribution in [0, 0.1) is 6.92 Å². The number of benzene rings is 1. The highest BCUT2D eigenvalue weighted by molar-refractivity contribution is 7.99. The molecule has 2 heterocycles. The molecule has 3 aromatic rings. The second kappa shape index (κ2) is 10.7. The second-order valence-corrected chi connectivity index (χ2v) is 8.22. The maximum atomic E-state index is 12.3. The number of amides is 1. The summed E-state index contributed by atoms with van der Waals surface area (Å²) in [6, 6.07) is 8.84. The van der Waals surface area contributed by atoms with Crippen LogP contribution in [0.1, 0.15) is 12.7 Å². The molecule has 0 saturated heterocycles. The van der Waals surface area contributed by atoms with Crippen LogP contribution in [0.4, 0.5) is 5.82 Å². The van der Waals surface area contributed by atoms with Crippen molar-refractivity contribution in [1.82, 2.24) is 19.7 Å². The van der Waals surface area contributed by atoms with Crippen molar-refractivity contribution in [2.24, 2.45) is 0 Å². The van der Waals surface area contributed by atoms with Gasteiger partial charge in [-0.25, -0.2) is 4.98 Å². The quantitative estimate of drug-likeness (QED) is 0.369. The predicted octanol–water partition coefficient (Wildman–Crippen LogP) is 3.95. The van der Waals surface area contributed by atoms with Gasteiger partial charge in [0.25, 0.3) is 5.91 Å². The van der Waals surface area contributed by atoms with Crippen LogP contribution in [-0.4, -0.2) is 50.6 Å². The van der Waals surface area contributed by atoms with E-state index in [0.717, 1.165) is 17.4 Å². The number of nitrogens with one attached hydrogen (secondary N) is 1. The number of para-hydroxylation sites is 2. The topological polar surface area (TPSA) is 108 Å². The number of aryl methyl sites for hydroxylation is 1. The number of halogens is 2. The third-order valence-corrected chi connectivity index (χ3v) is 5.56. The van der Waals surface area contributed by atoms with E-state index in [4.69, 9.17) is 32.7 Å². The third kappa shape index (κ3) is 5.70. The van der Waals surface area contributed by atoms with Crippen LogP contribution in [0.25, 0.3) is 5.69 Å². The Balaban J connectivity index is 1.61. The molecule has 0 bridgehead atoms. The molecule has 3 rings (SSSR count). The first-order chi connectivity index (χ1) is 15.3. The minimum atomic E-state index is -1.06. The number of carbonyl (C=O) groups is 2. The highest BCUT2D eigenvalue weighted by atomic mass is 35.5. The molecule has 1 aromatic carbocycles. The summed E-state index contributed by atoms with van der Waals surface area (Å²) in [6.45, 7) is 3.24. The lowest BCUT2D eigenvalue weighted by Gasteiger charge is -2.14. The van der Waals surface area contributed by atoms with Crippen molar-refractivity contribution in [1.29, 1.82) is 0 Å². The van der Waals surface area contributed by atoms with E-state index in [1.54, 1.807) is 18.6 Å². The van der Waals surface area contributed by atoms with Crippen LogP contribution in [0.2, 0.25) is 10.0 Å². The molecule has 168 valence electrons. The molecule has 0 aliphatic heterocycles. The molecule has 2 aromatic heterocycles. The lowest BCUT2D eigenvalue weighted by atomic mass is 10.3. The van der Waals surface area contributed by atoms with Crippen molar-refractivity contribution < 1.29 is 19.1 Å². The van der Waals surface area contributed by atoms with E-state index < -0.39 is 18.0 Å². The van der Waals surface area contributed by atoms with Gasteiger partial charge in [0, 0.05) is 6.20 Å². The Morgan fingerprint density at radius 1 is 1.25 bits per heavy atom. The van der Waals surface area contributed by atoms with Crippen LogP contribution in [0.5, 0.6) is 5.75 Å². The zero-order valence-electron chi connectivity index (χ0n) is 17.3. The molecular formula is C20H19Cl2N5O4S. The zero-order valence-corrected chi connectivity index (χ0v) is 19.7. The summed E-state index contributed by atoms with van der Waals surface area (Å²) in [7, 11) is 1.57. The molecule has 1 amide bonds. The van der Waals surface area contributed by atoms with Gasteiger partial charge < -0.3 is 14.8 Å². The fraction of sp³-hybridized carbons (Fsp3) is 0.250. The summed E-state index contributed by atoms with van der Waals surface area (Å²) in [5.41, 5.74) is 0.744. The van der Waals surface area contributed by atoms with E-state index in [2.05, 4.69) is 20.5 Å². The fourth-order valence-electron chi connectivity index (χ4n) is 2.66. The molecule has 0 saturated carbocycles. The number of ether oxygens (including phenoxy) is 2. The molecule has 32 heavy (non-hydrogen) atoms. The molecule has 0 unspecified atom stereocenters. The van der Waals surface area contributed by atoms with Gasteiger partial charge in [-0.1, -0.05) is 47.1 Å². The number of rotatable bonds is 8. The lowest BCUT2D eigenvalue weighted by molar-refractivity contribution is -0.150. The normalized spacial score (nSPS) is 11.7. The molecular weight excluding hydrogens is 477 g/mol. The summed E-state index contributed by atoms with van der Waals surface area (Å²) < 4.78 is 12.4. The summed E-state index contributed by atoms with van der Waals surface area (Å²) in [6.07, 6.45) is 0.279.